The third-order valence-electron chi connectivity index (χ3n) is 12.4. The summed E-state index contributed by atoms with van der Waals surface area (Å²) in [6.07, 6.45) is -1.79. The van der Waals surface area contributed by atoms with Crippen LogP contribution in [0.25, 0.3) is 0 Å². The van der Waals surface area contributed by atoms with Crippen molar-refractivity contribution < 1.29 is 52.8 Å². The fourth-order valence-electron chi connectivity index (χ4n) is 6.68. The first-order chi connectivity index (χ1) is 25.5. The number of aliphatic hydroxyl groups excluding tert-OH is 3. The Bertz CT molecular complexity index is 1300. The van der Waals surface area contributed by atoms with E-state index >= 15 is 0 Å². The molecule has 2 unspecified atom stereocenters. The lowest BCUT2D eigenvalue weighted by atomic mass is 9.72. The van der Waals surface area contributed by atoms with Crippen molar-refractivity contribution in [2.24, 2.45) is 10.8 Å². The highest BCUT2D eigenvalue weighted by Crippen LogP contribution is 2.44. The van der Waals surface area contributed by atoms with Gasteiger partial charge in [-0.05, 0) is 124 Å². The Labute approximate surface area is 348 Å². The van der Waals surface area contributed by atoms with Crippen LogP contribution in [-0.4, -0.2) is 135 Å². The summed E-state index contributed by atoms with van der Waals surface area (Å²) in [5.41, 5.74) is -2.87. The van der Waals surface area contributed by atoms with Gasteiger partial charge in [-0.3, -0.25) is 4.79 Å². The van der Waals surface area contributed by atoms with Crippen LogP contribution in [0.3, 0.4) is 0 Å². The Morgan fingerprint density at radius 3 is 1.26 bits per heavy atom. The van der Waals surface area contributed by atoms with Gasteiger partial charge in [-0.15, -0.1) is 0 Å². The first-order valence-electron chi connectivity index (χ1n) is 21.0. The molecule has 0 bridgehead atoms. The highest BCUT2D eigenvalue weighted by Gasteiger charge is 2.53. The summed E-state index contributed by atoms with van der Waals surface area (Å²) in [5.74, 6) is -0.424. The van der Waals surface area contributed by atoms with Gasteiger partial charge >= 0.3 is 18.2 Å². The number of piperidine rings is 2. The molecular weight excluding hydrogens is 765 g/mol. The van der Waals surface area contributed by atoms with E-state index in [0.717, 1.165) is 0 Å². The number of hydrogen-bond acceptors (Lipinski definition) is 11. The predicted molar refractivity (Wildman–Crippen MR) is 230 cm³/mol. The molecule has 0 saturated carbocycles. The molecule has 2 amide bonds. The van der Waals surface area contributed by atoms with Gasteiger partial charge in [0.2, 0.25) is 0 Å². The van der Waals surface area contributed by atoms with Crippen LogP contribution in [-0.2, 0) is 27.9 Å². The third kappa shape index (κ3) is 14.7. The van der Waals surface area contributed by atoms with Crippen molar-refractivity contribution >= 4 is 34.8 Å². The van der Waals surface area contributed by atoms with E-state index in [0.29, 0.717) is 51.9 Å². The number of aliphatic hydroxyl groups is 3. The molecule has 0 aliphatic carbocycles. The second-order valence-electron chi connectivity index (χ2n) is 21.4. The van der Waals surface area contributed by atoms with Gasteiger partial charge in [0.15, 0.2) is 16.6 Å². The van der Waals surface area contributed by atoms with Gasteiger partial charge < -0.3 is 48.2 Å². The molecule has 2 aliphatic heterocycles. The quantitative estimate of drug-likeness (QED) is 0.105. The van der Waals surface area contributed by atoms with Crippen molar-refractivity contribution in [3.63, 3.8) is 0 Å². The molecule has 4 atom stereocenters. The number of nitrogens with zero attached hydrogens (tertiary/aromatic N) is 2. The number of likely N-dealkylation sites (tertiary alicyclic amines) is 2. The Balaban J connectivity index is 0.000000573. The van der Waals surface area contributed by atoms with Crippen molar-refractivity contribution in [3.8, 4) is 0 Å². The second-order valence-corrected chi connectivity index (χ2v) is 30.9. The summed E-state index contributed by atoms with van der Waals surface area (Å²) in [5, 5.41) is 32.5. The third-order valence-corrected chi connectivity index (χ3v) is 21.5. The Morgan fingerprint density at radius 1 is 0.632 bits per heavy atom. The van der Waals surface area contributed by atoms with E-state index in [2.05, 4.69) is 67.7 Å². The van der Waals surface area contributed by atoms with Gasteiger partial charge in [0, 0.05) is 31.6 Å². The minimum atomic E-state index is -2.14. The van der Waals surface area contributed by atoms with E-state index in [9.17, 15) is 29.7 Å². The zero-order chi connectivity index (χ0) is 44.8. The maximum absolute atomic E-state index is 13.0. The standard InChI is InChI=1S/C22H43NO6Si.C20H41NO5Si/c1-11-27-18(25)22(17(24)16(2)29-30(9,10)21(6,7)8)12-14-23(15-13-22)19(26)28-20(3,4)5;1-15(26-27(8,9)19(5,6)7)16(23)20(14-22)10-12-21(13-11-20)17(24)25-18(2,3)4/h16-17,24H,11-15H2,1-10H3;15-16,22-23H,10-14H2,1-9H3/t16-,17?;15-,16?/m00/s1. The fraction of sp³-hybridized carbons (Fsp3) is 0.929. The number of hydrogen-bond donors (Lipinski definition) is 3. The maximum atomic E-state index is 13.0. The van der Waals surface area contributed by atoms with E-state index in [1.54, 1.807) is 16.7 Å². The summed E-state index contributed by atoms with van der Waals surface area (Å²) in [4.78, 5) is 40.9. The number of rotatable bonds is 11. The van der Waals surface area contributed by atoms with Gasteiger partial charge in [0.1, 0.15) is 11.2 Å². The summed E-state index contributed by atoms with van der Waals surface area (Å²) in [6.45, 7) is 39.6. The molecule has 0 aromatic heterocycles. The van der Waals surface area contributed by atoms with E-state index in [4.69, 9.17) is 23.1 Å². The topological polar surface area (TPSA) is 165 Å². The molecule has 2 saturated heterocycles. The normalized spacial score (nSPS) is 20.3. The summed E-state index contributed by atoms with van der Waals surface area (Å²) >= 11 is 0. The highest BCUT2D eigenvalue weighted by molar-refractivity contribution is 6.74. The number of carbonyl (C=O) groups excluding carboxylic acids is 3. The number of carbonyl (C=O) groups is 3. The van der Waals surface area contributed by atoms with Crippen LogP contribution in [0, 0.1) is 10.8 Å². The zero-order valence-electron chi connectivity index (χ0n) is 39.4. The van der Waals surface area contributed by atoms with Crippen LogP contribution in [0.2, 0.25) is 36.3 Å². The summed E-state index contributed by atoms with van der Waals surface area (Å²) in [7, 11) is -4.16. The average molecular weight is 849 g/mol. The number of amides is 2. The van der Waals surface area contributed by atoms with Crippen molar-refractivity contribution in [3.05, 3.63) is 0 Å². The van der Waals surface area contributed by atoms with Crippen molar-refractivity contribution in [1.29, 1.82) is 0 Å². The highest BCUT2D eigenvalue weighted by atomic mass is 28.4. The largest absolute Gasteiger partial charge is 0.465 e. The minimum Gasteiger partial charge on any atom is -0.465 e. The van der Waals surface area contributed by atoms with Gasteiger partial charge in [-0.2, -0.15) is 0 Å². The van der Waals surface area contributed by atoms with Crippen molar-refractivity contribution in [2.45, 2.75) is 201 Å². The lowest BCUT2D eigenvalue weighted by Crippen LogP contribution is -2.58. The van der Waals surface area contributed by atoms with E-state index < -0.39 is 69.0 Å². The number of esters is 1. The second kappa shape index (κ2) is 19.7. The molecule has 57 heavy (non-hydrogen) atoms. The van der Waals surface area contributed by atoms with Gasteiger partial charge in [0.25, 0.3) is 0 Å². The number of ether oxygens (including phenoxy) is 3. The average Bonchev–Trinajstić information content (AvgIpc) is 3.05. The van der Waals surface area contributed by atoms with Crippen LogP contribution in [0.4, 0.5) is 9.59 Å². The van der Waals surface area contributed by atoms with Crippen LogP contribution in [0.5, 0.6) is 0 Å². The molecule has 0 radical (unpaired) electrons. The Hall–Kier alpha value is -1.76. The Morgan fingerprint density at radius 2 is 0.965 bits per heavy atom. The molecule has 2 fully saturated rings. The summed E-state index contributed by atoms with van der Waals surface area (Å²) < 4.78 is 29.0. The van der Waals surface area contributed by atoms with Gasteiger partial charge in [0.05, 0.1) is 43.0 Å². The van der Waals surface area contributed by atoms with Crippen LogP contribution in [0.1, 0.15) is 130 Å². The SMILES string of the molecule is CCOC(=O)C1(C(O)[C@H](C)O[Si](C)(C)C(C)(C)C)CCN(C(=O)OC(C)(C)C)CC1.C[C@H](O[Si](C)(C)C(C)(C)C)C(O)C1(CO)CCN(C(=O)OC(C)(C)C)CC1. The van der Waals surface area contributed by atoms with E-state index in [1.165, 1.54) is 0 Å². The smallest absolute Gasteiger partial charge is 0.410 e. The van der Waals surface area contributed by atoms with Gasteiger partial charge in [-0.25, -0.2) is 9.59 Å². The minimum absolute atomic E-state index is 0.0157. The first-order valence-corrected chi connectivity index (χ1v) is 26.8. The van der Waals surface area contributed by atoms with Crippen molar-refractivity contribution in [2.75, 3.05) is 39.4 Å². The van der Waals surface area contributed by atoms with Crippen LogP contribution in [0.15, 0.2) is 0 Å². The van der Waals surface area contributed by atoms with Crippen LogP contribution < -0.4 is 0 Å². The maximum Gasteiger partial charge on any atom is 0.410 e. The predicted octanol–water partition coefficient (Wildman–Crippen LogP) is 8.11. The molecule has 0 aromatic carbocycles. The zero-order valence-corrected chi connectivity index (χ0v) is 41.4. The molecule has 3 N–H and O–H groups in total. The molecule has 13 nitrogen and oxygen atoms in total. The lowest BCUT2D eigenvalue weighted by Gasteiger charge is -2.47. The molecule has 15 heteroatoms. The van der Waals surface area contributed by atoms with Crippen LogP contribution >= 0.6 is 0 Å². The lowest BCUT2D eigenvalue weighted by molar-refractivity contribution is -0.173. The molecule has 2 heterocycles. The van der Waals surface area contributed by atoms with Crippen molar-refractivity contribution in [1.82, 2.24) is 9.80 Å². The molecule has 2 aliphatic rings. The molecule has 0 spiro atoms. The van der Waals surface area contributed by atoms with E-state index in [1.807, 2.05) is 55.4 Å². The monoisotopic (exact) mass is 849 g/mol. The molecular formula is C42H84N2O11Si2. The van der Waals surface area contributed by atoms with Gasteiger partial charge in [-0.1, -0.05) is 41.5 Å². The molecule has 336 valence electrons. The summed E-state index contributed by atoms with van der Waals surface area (Å²) in [6, 6.07) is 0. The van der Waals surface area contributed by atoms with E-state index in [-0.39, 0.29) is 35.5 Å². The molecule has 0 aromatic rings. The fourth-order valence-corrected chi connectivity index (χ4v) is 9.50. The molecule has 2 rings (SSSR count). The Kier molecular flexibility index (Phi) is 18.5. The first kappa shape index (κ1) is 53.3.